The van der Waals surface area contributed by atoms with E-state index in [0.29, 0.717) is 0 Å². The maximum atomic E-state index is 4.33. The second-order valence-electron chi connectivity index (χ2n) is 2.36. The van der Waals surface area contributed by atoms with Crippen LogP contribution in [0.3, 0.4) is 0 Å². The van der Waals surface area contributed by atoms with Crippen molar-refractivity contribution < 1.29 is 0 Å². The van der Waals surface area contributed by atoms with E-state index in [-0.39, 0.29) is 0 Å². The number of nitrogens with one attached hydrogen (secondary N) is 1. The Labute approximate surface area is 60.3 Å². The maximum Gasteiger partial charge on any atom is 0.0615 e. The fraction of sp³-hybridized carbons (Fsp3) is 0.250. The van der Waals surface area contributed by atoms with Crippen LogP contribution in [0.2, 0.25) is 0 Å². The van der Waals surface area contributed by atoms with E-state index >= 15 is 0 Å². The number of hydrogen-bond acceptors (Lipinski definition) is 1. The van der Waals surface area contributed by atoms with E-state index in [9.17, 15) is 0 Å². The van der Waals surface area contributed by atoms with Crippen LogP contribution in [0.25, 0.3) is 0 Å². The van der Waals surface area contributed by atoms with Crippen LogP contribution in [0.5, 0.6) is 0 Å². The highest BCUT2D eigenvalue weighted by Gasteiger charge is 2.08. The minimum atomic E-state index is 0.842. The van der Waals surface area contributed by atoms with E-state index in [1.165, 1.54) is 11.3 Å². The summed E-state index contributed by atoms with van der Waals surface area (Å²) in [6.45, 7) is 1.73. The van der Waals surface area contributed by atoms with Gasteiger partial charge in [-0.2, -0.15) is 0 Å². The highest BCUT2D eigenvalue weighted by atomic mass is 15.0. The SMILES string of the molecule is C1=CC2=C(CNC=C2)[N]C1. The highest BCUT2D eigenvalue weighted by Crippen LogP contribution is 2.12. The third-order valence-electron chi connectivity index (χ3n) is 1.67. The lowest BCUT2D eigenvalue weighted by Gasteiger charge is -2.16. The molecule has 0 aliphatic carbocycles. The lowest BCUT2D eigenvalue weighted by Crippen LogP contribution is -2.23. The minimum absolute atomic E-state index is 0.842. The number of allylic oxidation sites excluding steroid dienone is 3. The molecule has 2 rings (SSSR count). The summed E-state index contributed by atoms with van der Waals surface area (Å²) in [6.07, 6.45) is 8.22. The molecule has 2 nitrogen and oxygen atoms in total. The summed E-state index contributed by atoms with van der Waals surface area (Å²) in [5.41, 5.74) is 2.44. The van der Waals surface area contributed by atoms with E-state index in [4.69, 9.17) is 0 Å². The molecule has 0 aromatic carbocycles. The molecule has 10 heavy (non-hydrogen) atoms. The van der Waals surface area contributed by atoms with Gasteiger partial charge in [-0.1, -0.05) is 12.2 Å². The van der Waals surface area contributed by atoms with Gasteiger partial charge in [-0.25, -0.2) is 0 Å². The first-order valence-corrected chi connectivity index (χ1v) is 3.44. The molecule has 0 saturated heterocycles. The monoisotopic (exact) mass is 133 g/mol. The topological polar surface area (TPSA) is 26.1 Å². The van der Waals surface area contributed by atoms with Crippen LogP contribution in [0.4, 0.5) is 0 Å². The van der Waals surface area contributed by atoms with Crippen molar-refractivity contribution in [2.75, 3.05) is 13.1 Å². The molecule has 0 unspecified atom stereocenters. The summed E-state index contributed by atoms with van der Waals surface area (Å²) < 4.78 is 0. The van der Waals surface area contributed by atoms with E-state index < -0.39 is 0 Å². The summed E-state index contributed by atoms with van der Waals surface area (Å²) in [7, 11) is 0. The average molecular weight is 133 g/mol. The molecule has 2 heteroatoms. The smallest absolute Gasteiger partial charge is 0.0615 e. The van der Waals surface area contributed by atoms with Crippen LogP contribution >= 0.6 is 0 Å². The fourth-order valence-electron chi connectivity index (χ4n) is 1.14. The van der Waals surface area contributed by atoms with Crippen molar-refractivity contribution >= 4 is 0 Å². The van der Waals surface area contributed by atoms with E-state index in [0.717, 1.165) is 13.1 Å². The summed E-state index contributed by atoms with van der Waals surface area (Å²) in [5.74, 6) is 0. The molecule has 0 bridgehead atoms. The number of nitrogens with zero attached hydrogens (tertiary/aromatic N) is 1. The second kappa shape index (κ2) is 2.21. The number of rotatable bonds is 0. The van der Waals surface area contributed by atoms with Crippen molar-refractivity contribution in [3.8, 4) is 0 Å². The molecule has 0 saturated carbocycles. The molecule has 1 radical (unpaired) electrons. The minimum Gasteiger partial charge on any atom is -0.385 e. The van der Waals surface area contributed by atoms with Gasteiger partial charge in [0.15, 0.2) is 0 Å². The summed E-state index contributed by atoms with van der Waals surface area (Å²) >= 11 is 0. The zero-order chi connectivity index (χ0) is 6.81. The molecule has 2 heterocycles. The quantitative estimate of drug-likeness (QED) is 0.512. The van der Waals surface area contributed by atoms with Crippen molar-refractivity contribution in [1.29, 1.82) is 0 Å². The normalized spacial score (nSPS) is 21.6. The molecular weight excluding hydrogens is 124 g/mol. The highest BCUT2D eigenvalue weighted by molar-refractivity contribution is 5.40. The Hall–Kier alpha value is -1.18. The van der Waals surface area contributed by atoms with E-state index in [2.05, 4.69) is 28.9 Å². The number of hydrogen-bond donors (Lipinski definition) is 1. The molecule has 51 valence electrons. The van der Waals surface area contributed by atoms with Crippen molar-refractivity contribution in [2.45, 2.75) is 0 Å². The lowest BCUT2D eigenvalue weighted by molar-refractivity contribution is 0.766. The summed E-state index contributed by atoms with van der Waals surface area (Å²) in [5, 5.41) is 7.45. The first kappa shape index (κ1) is 5.59. The molecule has 0 atom stereocenters. The van der Waals surface area contributed by atoms with Crippen LogP contribution in [0.1, 0.15) is 0 Å². The molecular formula is C8H9N2. The van der Waals surface area contributed by atoms with Crippen molar-refractivity contribution in [3.05, 3.63) is 35.7 Å². The van der Waals surface area contributed by atoms with Crippen LogP contribution in [-0.4, -0.2) is 13.1 Å². The molecule has 2 aliphatic heterocycles. The van der Waals surface area contributed by atoms with Gasteiger partial charge in [-0.3, -0.25) is 5.32 Å². The third-order valence-corrected chi connectivity index (χ3v) is 1.67. The van der Waals surface area contributed by atoms with Gasteiger partial charge in [0.1, 0.15) is 0 Å². The molecule has 2 aliphatic rings. The Morgan fingerprint density at radius 3 is 3.30 bits per heavy atom. The molecule has 1 N–H and O–H groups in total. The van der Waals surface area contributed by atoms with E-state index in [1.54, 1.807) is 0 Å². The van der Waals surface area contributed by atoms with Gasteiger partial charge in [0.25, 0.3) is 0 Å². The largest absolute Gasteiger partial charge is 0.385 e. The first-order chi connectivity index (χ1) is 4.97. The fourth-order valence-corrected chi connectivity index (χ4v) is 1.14. The Bertz CT molecular complexity index is 201. The van der Waals surface area contributed by atoms with Gasteiger partial charge in [0, 0.05) is 0 Å². The lowest BCUT2D eigenvalue weighted by atomic mass is 10.1. The standard InChI is InChI=1S/C8H9N2/c1-2-7-3-5-9-6-8(7)10-4-1/h1-3,5,9H,4,6H2. The van der Waals surface area contributed by atoms with E-state index in [1.807, 2.05) is 6.20 Å². The van der Waals surface area contributed by atoms with Gasteiger partial charge in [0.2, 0.25) is 0 Å². The van der Waals surface area contributed by atoms with Gasteiger partial charge >= 0.3 is 0 Å². The van der Waals surface area contributed by atoms with Crippen LogP contribution in [-0.2, 0) is 0 Å². The predicted octanol–water partition coefficient (Wildman–Crippen LogP) is 0.532. The number of dihydropyridines is 1. The van der Waals surface area contributed by atoms with Gasteiger partial charge < -0.3 is 5.32 Å². The van der Waals surface area contributed by atoms with Crippen molar-refractivity contribution in [3.63, 3.8) is 0 Å². The first-order valence-electron chi connectivity index (χ1n) is 3.44. The Morgan fingerprint density at radius 2 is 2.40 bits per heavy atom. The van der Waals surface area contributed by atoms with Crippen molar-refractivity contribution in [2.24, 2.45) is 0 Å². The predicted molar refractivity (Wildman–Crippen MR) is 40.3 cm³/mol. The van der Waals surface area contributed by atoms with Crippen LogP contribution < -0.4 is 10.6 Å². The van der Waals surface area contributed by atoms with Gasteiger partial charge in [-0.05, 0) is 17.8 Å². The Balaban J connectivity index is 2.32. The van der Waals surface area contributed by atoms with Gasteiger partial charge in [0.05, 0.1) is 18.8 Å². The zero-order valence-corrected chi connectivity index (χ0v) is 5.67. The molecule has 0 aromatic rings. The summed E-state index contributed by atoms with van der Waals surface area (Å²) in [4.78, 5) is 0. The maximum absolute atomic E-state index is 4.33. The van der Waals surface area contributed by atoms with Crippen molar-refractivity contribution in [1.82, 2.24) is 10.6 Å². The van der Waals surface area contributed by atoms with Crippen LogP contribution in [0.15, 0.2) is 35.7 Å². The molecule has 0 amide bonds. The van der Waals surface area contributed by atoms with Gasteiger partial charge in [-0.15, -0.1) is 0 Å². The third kappa shape index (κ3) is 0.817. The zero-order valence-electron chi connectivity index (χ0n) is 5.67. The Morgan fingerprint density at radius 1 is 1.40 bits per heavy atom. The second-order valence-corrected chi connectivity index (χ2v) is 2.36. The summed E-state index contributed by atoms with van der Waals surface area (Å²) in [6, 6.07) is 0. The van der Waals surface area contributed by atoms with Crippen LogP contribution in [0, 0.1) is 0 Å². The Kier molecular flexibility index (Phi) is 1.24. The molecule has 0 aromatic heterocycles. The molecule has 0 fully saturated rings. The molecule has 0 spiro atoms. The average Bonchev–Trinajstić information content (AvgIpc) is 2.05.